The lowest BCUT2D eigenvalue weighted by Gasteiger charge is -2.11. The number of hydrogen-bond donors (Lipinski definition) is 0. The van der Waals surface area contributed by atoms with Crippen molar-refractivity contribution in [1.82, 2.24) is 24.1 Å². The van der Waals surface area contributed by atoms with Crippen LogP contribution in [0.1, 0.15) is 0 Å². The van der Waals surface area contributed by atoms with Crippen LogP contribution in [0.2, 0.25) is 0 Å². The molecule has 0 spiro atoms. The zero-order valence-electron chi connectivity index (χ0n) is 30.1. The largest absolute Gasteiger partial charge is 0.327 e. The van der Waals surface area contributed by atoms with Crippen LogP contribution in [-0.2, 0) is 14.1 Å². The Labute approximate surface area is 325 Å². The fourth-order valence-corrected chi connectivity index (χ4v) is 9.07. The maximum atomic E-state index is 5.30. The van der Waals surface area contributed by atoms with Gasteiger partial charge >= 0.3 is 0 Å². The first-order valence-corrected chi connectivity index (χ1v) is 19.2. The predicted octanol–water partition coefficient (Wildman–Crippen LogP) is 12.9. The number of nitrogens with zero attached hydrogens (tertiary/aromatic N) is 5. The number of aryl methyl sites for hydroxylation is 2. The summed E-state index contributed by atoms with van der Waals surface area (Å²) in [5.74, 6) is 1.84. The van der Waals surface area contributed by atoms with E-state index in [-0.39, 0.29) is 0 Å². The third kappa shape index (κ3) is 4.88. The van der Waals surface area contributed by atoms with Crippen molar-refractivity contribution < 1.29 is 0 Å². The molecule has 0 aliphatic rings. The molecular weight excluding hydrogens is 738 g/mol. The second-order valence-electron chi connectivity index (χ2n) is 14.3. The molecule has 0 fully saturated rings. The molecule has 8 aromatic carbocycles. The standard InChI is InChI=1S/C49H32BrN5/c1-54-46-40-23-9-5-19-36(40)34-17-3-7-21-38(34)44(46)52-48(54)31-15-11-13-29(25-31)42-27-33(50)28-43(51-42)30-14-12-16-32(26-30)49-53-45-39-22-8-4-18-35(39)37-20-6-10-24-41(37)47(45)55(49)2/h3-28H,1-2H3. The van der Waals surface area contributed by atoms with Crippen LogP contribution in [0.4, 0.5) is 0 Å². The summed E-state index contributed by atoms with van der Waals surface area (Å²) in [7, 11) is 4.24. The summed E-state index contributed by atoms with van der Waals surface area (Å²) in [6.45, 7) is 0. The van der Waals surface area contributed by atoms with Crippen LogP contribution in [0.25, 0.3) is 110 Å². The third-order valence-corrected chi connectivity index (χ3v) is 11.6. The van der Waals surface area contributed by atoms with E-state index in [1.54, 1.807) is 0 Å². The molecule has 0 atom stereocenters. The van der Waals surface area contributed by atoms with Gasteiger partial charge in [-0.15, -0.1) is 0 Å². The van der Waals surface area contributed by atoms with Gasteiger partial charge in [0.1, 0.15) is 11.6 Å². The molecule has 0 saturated heterocycles. The Balaban J connectivity index is 1.02. The van der Waals surface area contributed by atoms with Crippen LogP contribution < -0.4 is 0 Å². The van der Waals surface area contributed by atoms with Crippen LogP contribution in [-0.4, -0.2) is 24.1 Å². The molecule has 0 saturated carbocycles. The van der Waals surface area contributed by atoms with Crippen molar-refractivity contribution in [3.05, 3.63) is 162 Å². The number of aromatic nitrogens is 5. The maximum absolute atomic E-state index is 5.30. The molecular formula is C49H32BrN5. The van der Waals surface area contributed by atoms with Crippen molar-refractivity contribution in [1.29, 1.82) is 0 Å². The average Bonchev–Trinajstić information content (AvgIpc) is 3.78. The summed E-state index contributed by atoms with van der Waals surface area (Å²) < 4.78 is 5.44. The van der Waals surface area contributed by atoms with Crippen LogP contribution in [0, 0.1) is 0 Å². The van der Waals surface area contributed by atoms with Gasteiger partial charge in [0, 0.05) is 62.4 Å². The Morgan fingerprint density at radius 3 is 1.13 bits per heavy atom. The molecule has 55 heavy (non-hydrogen) atoms. The van der Waals surface area contributed by atoms with Crippen molar-refractivity contribution in [2.75, 3.05) is 0 Å². The van der Waals surface area contributed by atoms with Crippen molar-refractivity contribution in [3.8, 4) is 45.3 Å². The van der Waals surface area contributed by atoms with E-state index in [1.807, 2.05) is 0 Å². The number of imidazole rings is 2. The summed E-state index contributed by atoms with van der Waals surface area (Å²) in [4.78, 5) is 15.8. The van der Waals surface area contributed by atoms with Crippen molar-refractivity contribution in [2.24, 2.45) is 14.1 Å². The molecule has 260 valence electrons. The number of fused-ring (bicyclic) bond motifs is 12. The predicted molar refractivity (Wildman–Crippen MR) is 232 cm³/mol. The van der Waals surface area contributed by atoms with Crippen molar-refractivity contribution in [2.45, 2.75) is 0 Å². The van der Waals surface area contributed by atoms with E-state index in [9.17, 15) is 0 Å². The van der Waals surface area contributed by atoms with Gasteiger partial charge in [-0.2, -0.15) is 0 Å². The minimum absolute atomic E-state index is 0.881. The molecule has 0 bridgehead atoms. The zero-order chi connectivity index (χ0) is 36.8. The van der Waals surface area contributed by atoms with E-state index >= 15 is 0 Å². The smallest absolute Gasteiger partial charge is 0.140 e. The summed E-state index contributed by atoms with van der Waals surface area (Å²) in [6.07, 6.45) is 0. The lowest BCUT2D eigenvalue weighted by Crippen LogP contribution is -1.95. The highest BCUT2D eigenvalue weighted by Crippen LogP contribution is 2.40. The summed E-state index contributed by atoms with van der Waals surface area (Å²) in [6, 6.07) is 55.7. The van der Waals surface area contributed by atoms with Gasteiger partial charge in [0.05, 0.1) is 33.5 Å². The number of hydrogen-bond acceptors (Lipinski definition) is 3. The minimum Gasteiger partial charge on any atom is -0.327 e. The van der Waals surface area contributed by atoms with E-state index in [0.717, 1.165) is 82.6 Å². The molecule has 0 N–H and O–H groups in total. The molecule has 6 heteroatoms. The first-order valence-electron chi connectivity index (χ1n) is 18.4. The monoisotopic (exact) mass is 769 g/mol. The quantitative estimate of drug-likeness (QED) is 0.167. The number of halogens is 1. The van der Waals surface area contributed by atoms with Gasteiger partial charge < -0.3 is 9.13 Å². The van der Waals surface area contributed by atoms with E-state index in [4.69, 9.17) is 15.0 Å². The van der Waals surface area contributed by atoms with Gasteiger partial charge in [-0.3, -0.25) is 0 Å². The molecule has 11 aromatic rings. The Morgan fingerprint density at radius 2 is 0.709 bits per heavy atom. The number of benzene rings is 8. The molecule has 5 nitrogen and oxygen atoms in total. The Morgan fingerprint density at radius 1 is 0.364 bits per heavy atom. The van der Waals surface area contributed by atoms with Crippen molar-refractivity contribution >= 4 is 81.1 Å². The minimum atomic E-state index is 0.881. The van der Waals surface area contributed by atoms with Gasteiger partial charge in [-0.1, -0.05) is 149 Å². The first kappa shape index (κ1) is 31.9. The summed E-state index contributed by atoms with van der Waals surface area (Å²) >= 11 is 3.82. The SMILES string of the molecule is Cn1c(-c2cccc(-c3cc(Br)cc(-c4cccc(-c5nc6c7ccccc7c7ccccc7c6n5C)c4)n3)c2)nc2c3ccccc3c3ccccc3c21. The fourth-order valence-electron chi connectivity index (χ4n) is 8.63. The topological polar surface area (TPSA) is 48.5 Å². The van der Waals surface area contributed by atoms with Crippen molar-refractivity contribution in [3.63, 3.8) is 0 Å². The maximum Gasteiger partial charge on any atom is 0.140 e. The highest BCUT2D eigenvalue weighted by atomic mass is 79.9. The van der Waals surface area contributed by atoms with Gasteiger partial charge in [0.15, 0.2) is 0 Å². The lowest BCUT2D eigenvalue weighted by molar-refractivity contribution is 0.962. The van der Waals surface area contributed by atoms with Crippen LogP contribution in [0.5, 0.6) is 0 Å². The van der Waals surface area contributed by atoms with Crippen LogP contribution >= 0.6 is 15.9 Å². The number of rotatable bonds is 4. The van der Waals surface area contributed by atoms with Gasteiger partial charge in [-0.25, -0.2) is 15.0 Å². The third-order valence-electron chi connectivity index (χ3n) is 11.1. The van der Waals surface area contributed by atoms with E-state index in [2.05, 4.69) is 197 Å². The second-order valence-corrected chi connectivity index (χ2v) is 15.2. The molecule has 3 aromatic heterocycles. The van der Waals surface area contributed by atoms with Gasteiger partial charge in [0.2, 0.25) is 0 Å². The summed E-state index contributed by atoms with van der Waals surface area (Å²) in [5.41, 5.74) is 10.2. The molecule has 0 aliphatic heterocycles. The molecule has 0 unspecified atom stereocenters. The molecule has 0 amide bonds. The van der Waals surface area contributed by atoms with E-state index in [1.165, 1.54) is 32.3 Å². The number of pyridine rings is 1. The second kappa shape index (κ2) is 12.2. The van der Waals surface area contributed by atoms with Crippen LogP contribution in [0.15, 0.2) is 162 Å². The first-order chi connectivity index (χ1) is 27.0. The Hall–Kier alpha value is -6.63. The normalized spacial score (nSPS) is 11.9. The Bertz CT molecular complexity index is 3150. The highest BCUT2D eigenvalue weighted by Gasteiger charge is 2.19. The molecule has 0 radical (unpaired) electrons. The van der Waals surface area contributed by atoms with E-state index < -0.39 is 0 Å². The fraction of sp³-hybridized carbons (Fsp3) is 0.0408. The molecule has 3 heterocycles. The Kier molecular flexibility index (Phi) is 7.07. The highest BCUT2D eigenvalue weighted by molar-refractivity contribution is 9.10. The van der Waals surface area contributed by atoms with E-state index in [0.29, 0.717) is 0 Å². The van der Waals surface area contributed by atoms with Gasteiger partial charge in [-0.05, 0) is 45.8 Å². The van der Waals surface area contributed by atoms with Gasteiger partial charge in [0.25, 0.3) is 0 Å². The lowest BCUT2D eigenvalue weighted by atomic mass is 10.00. The molecule has 11 rings (SSSR count). The average molecular weight is 771 g/mol. The van der Waals surface area contributed by atoms with Crippen LogP contribution in [0.3, 0.4) is 0 Å². The zero-order valence-corrected chi connectivity index (χ0v) is 31.7. The molecule has 0 aliphatic carbocycles. The summed E-state index contributed by atoms with van der Waals surface area (Å²) in [5, 5.41) is 9.65.